The molecule has 1 unspecified atom stereocenters. The number of hydrogen-bond acceptors (Lipinski definition) is 4. The number of anilines is 1. The van der Waals surface area contributed by atoms with Crippen LogP contribution in [0.2, 0.25) is 0 Å². The van der Waals surface area contributed by atoms with Crippen molar-refractivity contribution in [3.8, 4) is 11.3 Å². The molecule has 4 aromatic heterocycles. The van der Waals surface area contributed by atoms with Gasteiger partial charge in [0, 0.05) is 53.0 Å². The van der Waals surface area contributed by atoms with Crippen LogP contribution in [-0.4, -0.2) is 31.1 Å². The van der Waals surface area contributed by atoms with E-state index < -0.39 is 0 Å². The number of aromatic amines is 1. The van der Waals surface area contributed by atoms with Crippen molar-refractivity contribution in [3.05, 3.63) is 78.1 Å². The maximum atomic E-state index is 13.8. The molecule has 6 nitrogen and oxygen atoms in total. The van der Waals surface area contributed by atoms with Crippen molar-refractivity contribution >= 4 is 22.4 Å². The van der Waals surface area contributed by atoms with E-state index in [9.17, 15) is 4.39 Å². The van der Waals surface area contributed by atoms with Gasteiger partial charge in [-0.15, -0.1) is 0 Å². The number of nitrogens with one attached hydrogen (secondary N) is 2. The van der Waals surface area contributed by atoms with E-state index >= 15 is 0 Å². The van der Waals surface area contributed by atoms with Crippen LogP contribution >= 0.6 is 0 Å². The fourth-order valence-corrected chi connectivity index (χ4v) is 4.22. The third-order valence-corrected chi connectivity index (χ3v) is 6.01. The van der Waals surface area contributed by atoms with E-state index in [1.54, 1.807) is 6.20 Å². The molecule has 7 heteroatoms. The maximum absolute atomic E-state index is 13.8. The van der Waals surface area contributed by atoms with Crippen molar-refractivity contribution in [1.29, 1.82) is 0 Å². The van der Waals surface area contributed by atoms with Gasteiger partial charge >= 0.3 is 0 Å². The average Bonchev–Trinajstić information content (AvgIpc) is 3.44. The molecule has 5 aromatic rings. The molecule has 0 radical (unpaired) electrons. The molecule has 0 spiro atoms. The molecule has 0 amide bonds. The quantitative estimate of drug-likeness (QED) is 0.355. The van der Waals surface area contributed by atoms with Gasteiger partial charge in [0.15, 0.2) is 5.65 Å². The molecule has 1 aromatic carbocycles. The number of H-pyrrole nitrogens is 1. The van der Waals surface area contributed by atoms with Crippen molar-refractivity contribution in [3.63, 3.8) is 0 Å². The third kappa shape index (κ3) is 3.60. The van der Waals surface area contributed by atoms with Gasteiger partial charge in [0.05, 0.1) is 18.1 Å². The second kappa shape index (κ2) is 8.42. The molecule has 2 N–H and O–H groups in total. The molecular formula is C25H25FN6. The molecule has 4 heterocycles. The summed E-state index contributed by atoms with van der Waals surface area (Å²) in [5.74, 6) is 0.760. The Bertz CT molecular complexity index is 1390. The summed E-state index contributed by atoms with van der Waals surface area (Å²) >= 11 is 0. The first-order chi connectivity index (χ1) is 15.7. The summed E-state index contributed by atoms with van der Waals surface area (Å²) < 4.78 is 15.6. The highest BCUT2D eigenvalue weighted by molar-refractivity contribution is 5.83. The van der Waals surface area contributed by atoms with Crippen LogP contribution in [0.25, 0.3) is 27.8 Å². The number of aromatic nitrogens is 5. The van der Waals surface area contributed by atoms with Gasteiger partial charge in [0.2, 0.25) is 0 Å². The van der Waals surface area contributed by atoms with Crippen molar-refractivity contribution in [2.24, 2.45) is 0 Å². The number of aryl methyl sites for hydroxylation is 1. The molecule has 0 saturated heterocycles. The Labute approximate surface area is 185 Å². The van der Waals surface area contributed by atoms with Gasteiger partial charge in [0.1, 0.15) is 11.6 Å². The van der Waals surface area contributed by atoms with Crippen molar-refractivity contribution in [2.45, 2.75) is 32.6 Å². The van der Waals surface area contributed by atoms with Crippen molar-refractivity contribution in [2.75, 3.05) is 11.9 Å². The van der Waals surface area contributed by atoms with Gasteiger partial charge in [-0.3, -0.25) is 4.98 Å². The Morgan fingerprint density at radius 2 is 2.00 bits per heavy atom. The number of pyridine rings is 1. The van der Waals surface area contributed by atoms with Gasteiger partial charge in [0.25, 0.3) is 0 Å². The Hall–Kier alpha value is -3.74. The molecule has 1 atom stereocenters. The Balaban J connectivity index is 1.52. The molecule has 162 valence electrons. The Kier molecular flexibility index (Phi) is 5.31. The monoisotopic (exact) mass is 428 g/mol. The number of benzene rings is 1. The summed E-state index contributed by atoms with van der Waals surface area (Å²) in [6.45, 7) is 5.01. The first-order valence-electron chi connectivity index (χ1n) is 11.0. The summed E-state index contributed by atoms with van der Waals surface area (Å²) in [6.07, 6.45) is 8.59. The lowest BCUT2D eigenvalue weighted by Crippen LogP contribution is -2.15. The van der Waals surface area contributed by atoms with E-state index in [0.717, 1.165) is 41.9 Å². The second-order valence-corrected chi connectivity index (χ2v) is 7.95. The highest BCUT2D eigenvalue weighted by Crippen LogP contribution is 2.29. The van der Waals surface area contributed by atoms with E-state index in [0.29, 0.717) is 17.2 Å². The van der Waals surface area contributed by atoms with Crippen molar-refractivity contribution < 1.29 is 4.39 Å². The smallest absolute Gasteiger partial charge is 0.161 e. The zero-order chi connectivity index (χ0) is 22.1. The number of hydrogen-bond donors (Lipinski definition) is 2. The molecule has 0 fully saturated rings. The lowest BCUT2D eigenvalue weighted by Gasteiger charge is -2.17. The zero-order valence-corrected chi connectivity index (χ0v) is 18.1. The van der Waals surface area contributed by atoms with Crippen LogP contribution in [0.5, 0.6) is 0 Å². The molecule has 0 aliphatic carbocycles. The molecular weight excluding hydrogens is 403 g/mol. The molecule has 0 aliphatic rings. The molecule has 0 saturated carbocycles. The molecule has 5 rings (SSSR count). The average molecular weight is 429 g/mol. The summed E-state index contributed by atoms with van der Waals surface area (Å²) in [5, 5.41) is 9.39. The van der Waals surface area contributed by atoms with Crippen LogP contribution < -0.4 is 5.32 Å². The van der Waals surface area contributed by atoms with Crippen LogP contribution in [0.3, 0.4) is 0 Å². The van der Waals surface area contributed by atoms with Crippen molar-refractivity contribution in [1.82, 2.24) is 24.6 Å². The minimum atomic E-state index is -0.381. The summed E-state index contributed by atoms with van der Waals surface area (Å²) in [4.78, 5) is 12.1. The number of halogens is 1. The molecule has 32 heavy (non-hydrogen) atoms. The lowest BCUT2D eigenvalue weighted by molar-refractivity contribution is 0.622. The second-order valence-electron chi connectivity index (χ2n) is 7.95. The number of para-hydroxylation sites is 1. The minimum Gasteiger partial charge on any atom is -0.369 e. The normalized spacial score (nSPS) is 12.5. The standard InChI is InChI=1S/C25H25FN6/c1-3-16(21-15-28-22-8-6-5-7-20(21)22)12-29-24-10-23(18-9-19(26)14-27-11-18)31-25-17(4-2)13-30-32(24)25/h5-11,13-16,28-29H,3-4,12H2,1-2H3. The Morgan fingerprint density at radius 1 is 1.12 bits per heavy atom. The molecule has 0 aliphatic heterocycles. The molecule has 0 bridgehead atoms. The van der Waals surface area contributed by atoms with Gasteiger partial charge in [-0.1, -0.05) is 32.0 Å². The van der Waals surface area contributed by atoms with Gasteiger partial charge < -0.3 is 10.3 Å². The zero-order valence-electron chi connectivity index (χ0n) is 18.1. The number of fused-ring (bicyclic) bond motifs is 2. The first-order valence-corrected chi connectivity index (χ1v) is 11.0. The van der Waals surface area contributed by atoms with E-state index in [1.165, 1.54) is 23.2 Å². The van der Waals surface area contributed by atoms with E-state index in [2.05, 4.69) is 58.6 Å². The SMILES string of the molecule is CCc1cnn2c(NCC(CC)c3c[nH]c4ccccc34)cc(-c3cncc(F)c3)nc12. The summed E-state index contributed by atoms with van der Waals surface area (Å²) in [5.41, 5.74) is 5.57. The minimum absolute atomic E-state index is 0.315. The van der Waals surface area contributed by atoms with E-state index in [-0.39, 0.29) is 5.82 Å². The largest absolute Gasteiger partial charge is 0.369 e. The van der Waals surface area contributed by atoms with Gasteiger partial charge in [-0.2, -0.15) is 9.61 Å². The fraction of sp³-hybridized carbons (Fsp3) is 0.240. The fourth-order valence-electron chi connectivity index (χ4n) is 4.22. The van der Waals surface area contributed by atoms with Crippen LogP contribution in [-0.2, 0) is 6.42 Å². The van der Waals surface area contributed by atoms with Crippen LogP contribution in [0.15, 0.2) is 61.2 Å². The Morgan fingerprint density at radius 3 is 2.81 bits per heavy atom. The third-order valence-electron chi connectivity index (χ3n) is 6.01. The number of rotatable bonds is 7. The highest BCUT2D eigenvalue weighted by Gasteiger charge is 2.17. The van der Waals surface area contributed by atoms with Crippen LogP contribution in [0.1, 0.15) is 37.3 Å². The van der Waals surface area contributed by atoms with Crippen LogP contribution in [0.4, 0.5) is 10.2 Å². The first kappa shape index (κ1) is 20.2. The van der Waals surface area contributed by atoms with E-state index in [4.69, 9.17) is 4.98 Å². The van der Waals surface area contributed by atoms with Crippen LogP contribution in [0, 0.1) is 5.82 Å². The van der Waals surface area contributed by atoms with E-state index in [1.807, 2.05) is 22.8 Å². The summed E-state index contributed by atoms with van der Waals surface area (Å²) in [7, 11) is 0. The lowest BCUT2D eigenvalue weighted by atomic mass is 9.96. The number of nitrogens with zero attached hydrogens (tertiary/aromatic N) is 4. The maximum Gasteiger partial charge on any atom is 0.161 e. The highest BCUT2D eigenvalue weighted by atomic mass is 19.1. The predicted octanol–water partition coefficient (Wildman–Crippen LogP) is 5.58. The topological polar surface area (TPSA) is 70.9 Å². The predicted molar refractivity (Wildman–Crippen MR) is 125 cm³/mol. The summed E-state index contributed by atoms with van der Waals surface area (Å²) in [6, 6.07) is 11.7. The van der Waals surface area contributed by atoms with Gasteiger partial charge in [-0.05, 0) is 30.5 Å². The van der Waals surface area contributed by atoms with Gasteiger partial charge in [-0.25, -0.2) is 9.37 Å².